The van der Waals surface area contributed by atoms with E-state index in [4.69, 9.17) is 55.9 Å². The van der Waals surface area contributed by atoms with Crippen molar-refractivity contribution in [2.45, 2.75) is 12.6 Å². The van der Waals surface area contributed by atoms with Crippen molar-refractivity contribution in [2.24, 2.45) is 0 Å². The molecule has 2 aromatic rings. The Labute approximate surface area is 192 Å². The van der Waals surface area contributed by atoms with Gasteiger partial charge in [0.05, 0.1) is 22.2 Å². The summed E-state index contributed by atoms with van der Waals surface area (Å²) in [6, 6.07) is 8.11. The highest BCUT2D eigenvalue weighted by Crippen LogP contribution is 2.37. The fraction of sp³-hybridized carbons (Fsp3) is 0.300. The Hall–Kier alpha value is -1.47. The second-order valence-electron chi connectivity index (χ2n) is 6.19. The molecule has 30 heavy (non-hydrogen) atoms. The minimum Gasteiger partial charge on any atom is -0.490 e. The second-order valence-corrected chi connectivity index (χ2v) is 8.01. The van der Waals surface area contributed by atoms with Crippen LogP contribution in [-0.4, -0.2) is 26.8 Å². The van der Waals surface area contributed by atoms with E-state index in [1.165, 1.54) is 18.2 Å². The molecule has 0 spiro atoms. The van der Waals surface area contributed by atoms with E-state index in [1.54, 1.807) is 19.2 Å². The van der Waals surface area contributed by atoms with Crippen LogP contribution in [0.4, 0.5) is 18.9 Å². The molecule has 0 aliphatic rings. The highest BCUT2D eigenvalue weighted by molar-refractivity contribution is 6.55. The van der Waals surface area contributed by atoms with Crippen LogP contribution in [0.3, 0.4) is 0 Å². The molecule has 2 aromatic carbocycles. The summed E-state index contributed by atoms with van der Waals surface area (Å²) in [5.41, 5.74) is -0.00636. The van der Waals surface area contributed by atoms with Crippen LogP contribution in [-0.2, 0) is 6.18 Å². The van der Waals surface area contributed by atoms with Gasteiger partial charge in [-0.25, -0.2) is 0 Å². The molecular weight excluding hydrogens is 485 g/mol. The summed E-state index contributed by atoms with van der Waals surface area (Å²) in [7, 11) is 1.79. The van der Waals surface area contributed by atoms with Gasteiger partial charge < -0.3 is 14.4 Å². The van der Waals surface area contributed by atoms with Crippen LogP contribution in [0.2, 0.25) is 10.0 Å². The number of halogens is 7. The molecule has 0 fully saturated rings. The van der Waals surface area contributed by atoms with E-state index in [0.717, 1.165) is 12.1 Å². The highest BCUT2D eigenvalue weighted by atomic mass is 35.5. The third kappa shape index (κ3) is 7.65. The van der Waals surface area contributed by atoms with Crippen LogP contribution in [0.1, 0.15) is 12.0 Å². The quantitative estimate of drug-likeness (QED) is 0.329. The lowest BCUT2D eigenvalue weighted by atomic mass is 10.2. The van der Waals surface area contributed by atoms with Gasteiger partial charge in [0, 0.05) is 31.4 Å². The molecule has 0 N–H and O–H groups in total. The Morgan fingerprint density at radius 3 is 2.17 bits per heavy atom. The zero-order chi connectivity index (χ0) is 22.3. The van der Waals surface area contributed by atoms with Crippen molar-refractivity contribution in [1.82, 2.24) is 0 Å². The van der Waals surface area contributed by atoms with Crippen molar-refractivity contribution in [3.63, 3.8) is 0 Å². The third-order valence-corrected chi connectivity index (χ3v) is 4.85. The number of ether oxygens (including phenoxy) is 2. The van der Waals surface area contributed by atoms with Crippen LogP contribution in [0, 0.1) is 0 Å². The number of rotatable bonds is 9. The van der Waals surface area contributed by atoms with Gasteiger partial charge in [0.2, 0.25) is 0 Å². The first kappa shape index (κ1) is 24.8. The molecule has 10 heteroatoms. The molecule has 2 rings (SSSR count). The smallest absolute Gasteiger partial charge is 0.416 e. The summed E-state index contributed by atoms with van der Waals surface area (Å²) in [5, 5.41) is 0.573. The number of alkyl halides is 3. The molecule has 164 valence electrons. The van der Waals surface area contributed by atoms with Crippen LogP contribution in [0.5, 0.6) is 11.5 Å². The minimum atomic E-state index is -4.35. The average Bonchev–Trinajstić information content (AvgIpc) is 2.65. The van der Waals surface area contributed by atoms with Gasteiger partial charge in [-0.15, -0.1) is 0 Å². The molecule has 0 bridgehead atoms. The predicted molar refractivity (Wildman–Crippen MR) is 117 cm³/mol. The molecule has 0 atom stereocenters. The highest BCUT2D eigenvalue weighted by Gasteiger charge is 2.30. The van der Waals surface area contributed by atoms with Gasteiger partial charge in [-0.05, 0) is 36.8 Å². The van der Waals surface area contributed by atoms with Crippen LogP contribution < -0.4 is 14.4 Å². The number of nitrogens with zero attached hydrogens (tertiary/aromatic N) is 1. The van der Waals surface area contributed by atoms with E-state index in [-0.39, 0.29) is 21.1 Å². The van der Waals surface area contributed by atoms with Crippen molar-refractivity contribution in [3.05, 3.63) is 62.6 Å². The fourth-order valence-corrected chi connectivity index (χ4v) is 3.17. The zero-order valence-corrected chi connectivity index (χ0v) is 18.8. The molecule has 0 radical (unpaired) electrons. The standard InChI is InChI=1S/C20H18Cl4F3NO2/c1-28(14-5-3-13(4-6-14)20(25,26)27)8-2-9-30-19-16(21)11-15(12-17(19)22)29-10-7-18(23)24/h3-7,11-12H,2,8-10H2,1H3. The van der Waals surface area contributed by atoms with Gasteiger partial charge in [-0.3, -0.25) is 0 Å². The van der Waals surface area contributed by atoms with E-state index in [1.807, 2.05) is 4.90 Å². The van der Waals surface area contributed by atoms with Crippen molar-refractivity contribution in [2.75, 3.05) is 31.7 Å². The van der Waals surface area contributed by atoms with Crippen LogP contribution in [0.25, 0.3) is 0 Å². The lowest BCUT2D eigenvalue weighted by Crippen LogP contribution is -2.20. The van der Waals surface area contributed by atoms with Gasteiger partial charge in [0.15, 0.2) is 5.75 Å². The molecule has 0 heterocycles. The summed E-state index contributed by atoms with van der Waals surface area (Å²) in [4.78, 5) is 1.83. The Morgan fingerprint density at radius 2 is 1.63 bits per heavy atom. The fourth-order valence-electron chi connectivity index (χ4n) is 2.47. The van der Waals surface area contributed by atoms with Crippen LogP contribution >= 0.6 is 46.4 Å². The Balaban J connectivity index is 1.85. The molecule has 0 aliphatic heterocycles. The summed E-state index contributed by atoms with van der Waals surface area (Å²) in [5.74, 6) is 0.763. The van der Waals surface area contributed by atoms with Crippen molar-refractivity contribution >= 4 is 52.1 Å². The Kier molecular flexibility index (Phi) is 9.29. The summed E-state index contributed by atoms with van der Waals surface area (Å²) in [6.45, 7) is 1.04. The second kappa shape index (κ2) is 11.2. The molecule has 0 aliphatic carbocycles. The van der Waals surface area contributed by atoms with Gasteiger partial charge >= 0.3 is 6.18 Å². The Morgan fingerprint density at radius 1 is 1.03 bits per heavy atom. The minimum absolute atomic E-state index is 0.0911. The molecule has 0 saturated carbocycles. The molecule has 0 saturated heterocycles. The lowest BCUT2D eigenvalue weighted by Gasteiger charge is -2.20. The van der Waals surface area contributed by atoms with Gasteiger partial charge in [-0.2, -0.15) is 13.2 Å². The van der Waals surface area contributed by atoms with E-state index in [9.17, 15) is 13.2 Å². The lowest BCUT2D eigenvalue weighted by molar-refractivity contribution is -0.137. The third-order valence-electron chi connectivity index (χ3n) is 3.98. The number of hydrogen-bond acceptors (Lipinski definition) is 3. The number of anilines is 1. The maximum atomic E-state index is 12.6. The molecule has 0 aromatic heterocycles. The van der Waals surface area contributed by atoms with Gasteiger partial charge in [0.1, 0.15) is 16.8 Å². The number of benzene rings is 2. The number of hydrogen-bond donors (Lipinski definition) is 0. The maximum Gasteiger partial charge on any atom is 0.416 e. The first-order valence-electron chi connectivity index (χ1n) is 8.72. The maximum absolute atomic E-state index is 12.6. The molecule has 3 nitrogen and oxygen atoms in total. The van der Waals surface area contributed by atoms with Crippen molar-refractivity contribution < 1.29 is 22.6 Å². The average molecular weight is 503 g/mol. The van der Waals surface area contributed by atoms with E-state index in [0.29, 0.717) is 36.8 Å². The van der Waals surface area contributed by atoms with Gasteiger partial charge in [0.25, 0.3) is 0 Å². The van der Waals surface area contributed by atoms with E-state index >= 15 is 0 Å². The molecule has 0 amide bonds. The summed E-state index contributed by atoms with van der Waals surface area (Å²) >= 11 is 23.4. The molecule has 0 unspecified atom stereocenters. The van der Waals surface area contributed by atoms with E-state index in [2.05, 4.69) is 0 Å². The zero-order valence-electron chi connectivity index (χ0n) is 15.8. The normalized spacial score (nSPS) is 11.2. The summed E-state index contributed by atoms with van der Waals surface area (Å²) < 4.78 is 49.1. The molecular formula is C20H18Cl4F3NO2. The first-order valence-corrected chi connectivity index (χ1v) is 10.2. The predicted octanol–water partition coefficient (Wildman–Crippen LogP) is 7.62. The first-order chi connectivity index (χ1) is 14.1. The van der Waals surface area contributed by atoms with Crippen molar-refractivity contribution in [1.29, 1.82) is 0 Å². The SMILES string of the molecule is CN(CCCOc1c(Cl)cc(OCC=C(Cl)Cl)cc1Cl)c1ccc(C(F)(F)F)cc1. The van der Waals surface area contributed by atoms with Gasteiger partial charge in [-0.1, -0.05) is 46.4 Å². The van der Waals surface area contributed by atoms with E-state index < -0.39 is 11.7 Å². The topological polar surface area (TPSA) is 21.7 Å². The largest absolute Gasteiger partial charge is 0.490 e. The van der Waals surface area contributed by atoms with Crippen molar-refractivity contribution in [3.8, 4) is 11.5 Å². The monoisotopic (exact) mass is 501 g/mol. The Bertz CT molecular complexity index is 846. The van der Waals surface area contributed by atoms with Crippen LogP contribution in [0.15, 0.2) is 47.0 Å². The summed E-state index contributed by atoms with van der Waals surface area (Å²) in [6.07, 6.45) is -2.28.